The molecule has 0 fully saturated rings. The topological polar surface area (TPSA) is 92.7 Å². The lowest BCUT2D eigenvalue weighted by atomic mass is 10.1. The molecule has 2 heterocycles. The predicted octanol–water partition coefficient (Wildman–Crippen LogP) is 3.99. The first-order valence-electron chi connectivity index (χ1n) is 10.0. The fourth-order valence-electron chi connectivity index (χ4n) is 3.89. The SMILES string of the molecule is Nc1ccc(C(=O)N2CCC(=O)N(Cc3noc4ccccc34)c3ccccc32)cc1. The third kappa shape index (κ3) is 3.40. The van der Waals surface area contributed by atoms with Crippen molar-refractivity contribution in [2.45, 2.75) is 13.0 Å². The van der Waals surface area contributed by atoms with Gasteiger partial charge in [0.1, 0.15) is 5.69 Å². The van der Waals surface area contributed by atoms with E-state index in [-0.39, 0.29) is 31.3 Å². The van der Waals surface area contributed by atoms with Gasteiger partial charge in [-0.3, -0.25) is 9.59 Å². The molecule has 1 aliphatic rings. The van der Waals surface area contributed by atoms with E-state index in [2.05, 4.69) is 5.16 Å². The second-order valence-electron chi connectivity index (χ2n) is 7.42. The van der Waals surface area contributed by atoms with Crippen LogP contribution in [0.2, 0.25) is 0 Å². The van der Waals surface area contributed by atoms with Gasteiger partial charge in [-0.1, -0.05) is 29.4 Å². The number of aromatic nitrogens is 1. The molecular weight excluding hydrogens is 392 g/mol. The molecule has 0 bridgehead atoms. The van der Waals surface area contributed by atoms with E-state index in [4.69, 9.17) is 10.3 Å². The monoisotopic (exact) mass is 412 g/mol. The fraction of sp³-hybridized carbons (Fsp3) is 0.125. The van der Waals surface area contributed by atoms with Crippen LogP contribution in [0.1, 0.15) is 22.5 Å². The summed E-state index contributed by atoms with van der Waals surface area (Å²) in [7, 11) is 0. The molecule has 5 rings (SSSR count). The maximum Gasteiger partial charge on any atom is 0.258 e. The van der Waals surface area contributed by atoms with Crippen molar-refractivity contribution in [2.75, 3.05) is 22.1 Å². The van der Waals surface area contributed by atoms with Crippen LogP contribution in [0, 0.1) is 0 Å². The summed E-state index contributed by atoms with van der Waals surface area (Å²) in [6, 6.07) is 21.8. The van der Waals surface area contributed by atoms with Gasteiger partial charge in [0.05, 0.1) is 17.9 Å². The average Bonchev–Trinajstić information content (AvgIpc) is 3.15. The quantitative estimate of drug-likeness (QED) is 0.514. The summed E-state index contributed by atoms with van der Waals surface area (Å²) < 4.78 is 5.41. The molecule has 0 radical (unpaired) electrons. The van der Waals surface area contributed by atoms with Crippen LogP contribution in [0.4, 0.5) is 17.1 Å². The zero-order valence-corrected chi connectivity index (χ0v) is 16.7. The molecule has 0 aliphatic carbocycles. The summed E-state index contributed by atoms with van der Waals surface area (Å²) in [5.74, 6) is -0.249. The van der Waals surface area contributed by atoms with Gasteiger partial charge in [0, 0.05) is 29.6 Å². The standard InChI is InChI=1S/C24H20N4O3/c25-17-11-9-16(10-12-17)24(30)27-14-13-23(29)28(21-7-3-2-6-20(21)27)15-19-18-5-1-4-8-22(18)31-26-19/h1-12H,13-15,25H2. The van der Waals surface area contributed by atoms with Crippen LogP contribution < -0.4 is 15.5 Å². The zero-order chi connectivity index (χ0) is 21.4. The minimum absolute atomic E-state index is 0.0767. The van der Waals surface area contributed by atoms with E-state index in [0.717, 1.165) is 5.39 Å². The van der Waals surface area contributed by atoms with Gasteiger partial charge in [-0.05, 0) is 48.5 Å². The number of benzene rings is 3. The molecule has 1 aromatic heterocycles. The van der Waals surface area contributed by atoms with Crippen LogP contribution in [-0.4, -0.2) is 23.5 Å². The van der Waals surface area contributed by atoms with Crippen molar-refractivity contribution in [3.63, 3.8) is 0 Å². The molecule has 0 unspecified atom stereocenters. The maximum atomic E-state index is 13.3. The van der Waals surface area contributed by atoms with Crippen LogP contribution in [0.25, 0.3) is 11.0 Å². The predicted molar refractivity (Wildman–Crippen MR) is 119 cm³/mol. The summed E-state index contributed by atoms with van der Waals surface area (Å²) in [6.45, 7) is 0.548. The Labute approximate surface area is 178 Å². The molecule has 154 valence electrons. The van der Waals surface area contributed by atoms with E-state index in [1.165, 1.54) is 0 Å². The Morgan fingerprint density at radius 3 is 2.48 bits per heavy atom. The molecule has 7 nitrogen and oxygen atoms in total. The molecule has 2 amide bonds. The molecule has 31 heavy (non-hydrogen) atoms. The van der Waals surface area contributed by atoms with E-state index in [1.54, 1.807) is 34.1 Å². The van der Waals surface area contributed by atoms with Gasteiger partial charge in [-0.2, -0.15) is 0 Å². The number of rotatable bonds is 3. The van der Waals surface area contributed by atoms with Gasteiger partial charge < -0.3 is 20.1 Å². The van der Waals surface area contributed by atoms with Crippen LogP contribution in [0.15, 0.2) is 77.3 Å². The molecule has 3 aromatic carbocycles. The van der Waals surface area contributed by atoms with E-state index < -0.39 is 0 Å². The molecule has 0 saturated heterocycles. The highest BCUT2D eigenvalue weighted by atomic mass is 16.5. The highest BCUT2D eigenvalue weighted by Crippen LogP contribution is 2.35. The van der Waals surface area contributed by atoms with Crippen molar-refractivity contribution in [3.8, 4) is 0 Å². The lowest BCUT2D eigenvalue weighted by Gasteiger charge is -2.25. The molecule has 4 aromatic rings. The Balaban J connectivity index is 1.54. The smallest absolute Gasteiger partial charge is 0.258 e. The van der Waals surface area contributed by atoms with Crippen molar-refractivity contribution in [2.24, 2.45) is 0 Å². The van der Waals surface area contributed by atoms with Crippen LogP contribution in [0.5, 0.6) is 0 Å². The number of carbonyl (C=O) groups is 2. The first-order valence-corrected chi connectivity index (χ1v) is 10.0. The third-order valence-electron chi connectivity index (χ3n) is 5.48. The van der Waals surface area contributed by atoms with Crippen LogP contribution in [0.3, 0.4) is 0 Å². The Morgan fingerprint density at radius 2 is 1.68 bits per heavy atom. The van der Waals surface area contributed by atoms with Crippen molar-refractivity contribution in [1.82, 2.24) is 5.16 Å². The van der Waals surface area contributed by atoms with E-state index in [1.807, 2.05) is 48.5 Å². The van der Waals surface area contributed by atoms with Crippen molar-refractivity contribution in [1.29, 1.82) is 0 Å². The molecule has 1 aliphatic heterocycles. The van der Waals surface area contributed by atoms with Crippen molar-refractivity contribution >= 4 is 39.8 Å². The van der Waals surface area contributed by atoms with Crippen molar-refractivity contribution < 1.29 is 14.1 Å². The second kappa shape index (κ2) is 7.60. The minimum atomic E-state index is -0.172. The van der Waals surface area contributed by atoms with Gasteiger partial charge in [0.15, 0.2) is 5.58 Å². The summed E-state index contributed by atoms with van der Waals surface area (Å²) in [6.07, 6.45) is 0.200. The normalized spacial score (nSPS) is 13.9. The Kier molecular flexibility index (Phi) is 4.63. The average molecular weight is 412 g/mol. The van der Waals surface area contributed by atoms with Crippen molar-refractivity contribution in [3.05, 3.63) is 84.1 Å². The minimum Gasteiger partial charge on any atom is -0.399 e. The lowest BCUT2D eigenvalue weighted by molar-refractivity contribution is -0.118. The number of nitrogens with zero attached hydrogens (tertiary/aromatic N) is 3. The number of nitrogens with two attached hydrogens (primary N) is 1. The fourth-order valence-corrected chi connectivity index (χ4v) is 3.89. The number of fused-ring (bicyclic) bond motifs is 2. The Bertz CT molecular complexity index is 1280. The summed E-state index contributed by atoms with van der Waals surface area (Å²) in [4.78, 5) is 29.7. The number of hydrogen-bond donors (Lipinski definition) is 1. The Morgan fingerprint density at radius 1 is 0.968 bits per heavy atom. The highest BCUT2D eigenvalue weighted by Gasteiger charge is 2.30. The van der Waals surface area contributed by atoms with Gasteiger partial charge in [-0.25, -0.2) is 0 Å². The number of para-hydroxylation sites is 3. The van der Waals surface area contributed by atoms with E-state index in [0.29, 0.717) is 33.9 Å². The Hall–Kier alpha value is -4.13. The maximum absolute atomic E-state index is 13.3. The number of nitrogen functional groups attached to an aromatic ring is 1. The first-order chi connectivity index (χ1) is 15.1. The second-order valence-corrected chi connectivity index (χ2v) is 7.42. The number of carbonyl (C=O) groups excluding carboxylic acids is 2. The molecule has 0 spiro atoms. The summed E-state index contributed by atoms with van der Waals surface area (Å²) in [5, 5.41) is 5.04. The molecule has 2 N–H and O–H groups in total. The van der Waals surface area contributed by atoms with Gasteiger partial charge >= 0.3 is 0 Å². The first kappa shape index (κ1) is 18.9. The van der Waals surface area contributed by atoms with Gasteiger partial charge in [0.2, 0.25) is 5.91 Å². The van der Waals surface area contributed by atoms with Crippen LogP contribution in [-0.2, 0) is 11.3 Å². The zero-order valence-electron chi connectivity index (χ0n) is 16.7. The largest absolute Gasteiger partial charge is 0.399 e. The molecular formula is C24H20N4O3. The van der Waals surface area contributed by atoms with Gasteiger partial charge in [-0.15, -0.1) is 0 Å². The number of amides is 2. The van der Waals surface area contributed by atoms with E-state index in [9.17, 15) is 9.59 Å². The summed E-state index contributed by atoms with van der Waals surface area (Å²) >= 11 is 0. The van der Waals surface area contributed by atoms with Crippen LogP contribution >= 0.6 is 0 Å². The third-order valence-corrected chi connectivity index (χ3v) is 5.48. The molecule has 0 saturated carbocycles. The number of hydrogen-bond acceptors (Lipinski definition) is 5. The van der Waals surface area contributed by atoms with Gasteiger partial charge in [0.25, 0.3) is 5.91 Å². The molecule has 0 atom stereocenters. The lowest BCUT2D eigenvalue weighted by Crippen LogP contribution is -2.32. The highest BCUT2D eigenvalue weighted by molar-refractivity contribution is 6.11. The van der Waals surface area contributed by atoms with E-state index >= 15 is 0 Å². The summed E-state index contributed by atoms with van der Waals surface area (Å²) in [5.41, 5.74) is 9.57. The number of anilines is 3. The molecule has 7 heteroatoms.